The van der Waals surface area contributed by atoms with Crippen LogP contribution >= 0.6 is 15.9 Å². The lowest BCUT2D eigenvalue weighted by molar-refractivity contribution is 0.290. The molecule has 2 N–H and O–H groups in total. The lowest BCUT2D eigenvalue weighted by Crippen LogP contribution is -2.38. The molecule has 1 fully saturated rings. The summed E-state index contributed by atoms with van der Waals surface area (Å²) in [4.78, 5) is 0. The quantitative estimate of drug-likeness (QED) is 0.921. The molecule has 0 spiro atoms. The number of ether oxygens (including phenoxy) is 1. The van der Waals surface area contributed by atoms with Gasteiger partial charge in [0.1, 0.15) is 11.6 Å². The van der Waals surface area contributed by atoms with Crippen molar-refractivity contribution in [2.24, 2.45) is 5.73 Å². The van der Waals surface area contributed by atoms with Crippen LogP contribution in [0.1, 0.15) is 37.7 Å². The van der Waals surface area contributed by atoms with Crippen LogP contribution in [0.5, 0.6) is 5.75 Å². The van der Waals surface area contributed by atoms with E-state index >= 15 is 0 Å². The summed E-state index contributed by atoms with van der Waals surface area (Å²) in [5.74, 6) is 0.306. The van der Waals surface area contributed by atoms with Gasteiger partial charge in [-0.05, 0) is 40.4 Å². The van der Waals surface area contributed by atoms with Crippen LogP contribution in [0.2, 0.25) is 0 Å². The van der Waals surface area contributed by atoms with Gasteiger partial charge in [-0.1, -0.05) is 25.3 Å². The van der Waals surface area contributed by atoms with Gasteiger partial charge in [-0.15, -0.1) is 0 Å². The van der Waals surface area contributed by atoms with Gasteiger partial charge < -0.3 is 10.5 Å². The fraction of sp³-hybridized carbons (Fsp3) is 0.571. The van der Waals surface area contributed by atoms with Crippen LogP contribution in [0.4, 0.5) is 4.39 Å². The highest BCUT2D eigenvalue weighted by Gasteiger charge is 2.35. The first-order valence-corrected chi connectivity index (χ1v) is 7.16. The third-order valence-corrected chi connectivity index (χ3v) is 4.78. The average Bonchev–Trinajstić information content (AvgIpc) is 2.42. The molecule has 1 aromatic carbocycles. The van der Waals surface area contributed by atoms with E-state index < -0.39 is 0 Å². The molecule has 100 valence electrons. The second kappa shape index (κ2) is 5.57. The highest BCUT2D eigenvalue weighted by molar-refractivity contribution is 9.10. The molecule has 1 aromatic rings. The molecule has 0 atom stereocenters. The van der Waals surface area contributed by atoms with E-state index in [1.807, 2.05) is 12.1 Å². The standard InChI is InChI=1S/C14H19BrFNO/c1-18-11-6-5-10(13(16)12(11)15)14(9-17)7-3-2-4-8-14/h5-6H,2-4,7-9,17H2,1H3. The highest BCUT2D eigenvalue weighted by Crippen LogP contribution is 2.42. The number of hydrogen-bond donors (Lipinski definition) is 1. The van der Waals surface area contributed by atoms with Gasteiger partial charge in [-0.25, -0.2) is 4.39 Å². The van der Waals surface area contributed by atoms with E-state index in [2.05, 4.69) is 15.9 Å². The molecular weight excluding hydrogens is 297 g/mol. The van der Waals surface area contributed by atoms with Crippen molar-refractivity contribution in [2.45, 2.75) is 37.5 Å². The summed E-state index contributed by atoms with van der Waals surface area (Å²) in [5, 5.41) is 0. The Hall–Kier alpha value is -0.610. The number of methoxy groups -OCH3 is 1. The number of halogens is 2. The third kappa shape index (κ3) is 2.28. The Balaban J connectivity index is 2.46. The zero-order valence-corrected chi connectivity index (χ0v) is 12.2. The first-order chi connectivity index (χ1) is 8.64. The van der Waals surface area contributed by atoms with E-state index in [1.54, 1.807) is 7.11 Å². The van der Waals surface area contributed by atoms with Crippen molar-refractivity contribution in [2.75, 3.05) is 13.7 Å². The molecule has 0 heterocycles. The summed E-state index contributed by atoms with van der Waals surface area (Å²) in [7, 11) is 1.54. The van der Waals surface area contributed by atoms with E-state index in [0.717, 1.165) is 31.2 Å². The van der Waals surface area contributed by atoms with Crippen molar-refractivity contribution in [3.63, 3.8) is 0 Å². The molecule has 2 rings (SSSR count). The number of nitrogens with two attached hydrogens (primary N) is 1. The Morgan fingerprint density at radius 3 is 2.56 bits per heavy atom. The predicted octanol–water partition coefficient (Wildman–Crippen LogP) is 3.76. The first-order valence-electron chi connectivity index (χ1n) is 6.37. The summed E-state index contributed by atoms with van der Waals surface area (Å²) in [6.07, 6.45) is 5.42. The van der Waals surface area contributed by atoms with Crippen molar-refractivity contribution in [1.29, 1.82) is 0 Å². The normalized spacial score (nSPS) is 18.7. The van der Waals surface area contributed by atoms with Gasteiger partial charge in [-0.3, -0.25) is 0 Å². The fourth-order valence-electron chi connectivity index (χ4n) is 2.91. The Morgan fingerprint density at radius 1 is 1.33 bits per heavy atom. The molecule has 0 aliphatic heterocycles. The zero-order valence-electron chi connectivity index (χ0n) is 10.6. The molecule has 0 bridgehead atoms. The van der Waals surface area contributed by atoms with Crippen LogP contribution in [0, 0.1) is 5.82 Å². The average molecular weight is 316 g/mol. The molecule has 0 unspecified atom stereocenters. The molecule has 18 heavy (non-hydrogen) atoms. The molecule has 0 radical (unpaired) electrons. The maximum absolute atomic E-state index is 14.5. The Bertz CT molecular complexity index is 430. The van der Waals surface area contributed by atoms with Gasteiger partial charge in [0.2, 0.25) is 0 Å². The predicted molar refractivity (Wildman–Crippen MR) is 74.5 cm³/mol. The summed E-state index contributed by atoms with van der Waals surface area (Å²) < 4.78 is 20.0. The molecule has 2 nitrogen and oxygen atoms in total. The maximum Gasteiger partial charge on any atom is 0.144 e. The minimum absolute atomic E-state index is 0.197. The zero-order chi connectivity index (χ0) is 13.2. The molecule has 1 aliphatic rings. The van der Waals surface area contributed by atoms with Gasteiger partial charge in [0.15, 0.2) is 0 Å². The SMILES string of the molecule is COc1ccc(C2(CN)CCCCC2)c(F)c1Br. The van der Waals surface area contributed by atoms with Crippen LogP contribution in [0.3, 0.4) is 0 Å². The summed E-state index contributed by atoms with van der Waals surface area (Å²) >= 11 is 3.27. The minimum Gasteiger partial charge on any atom is -0.495 e. The van der Waals surface area contributed by atoms with Crippen molar-refractivity contribution >= 4 is 15.9 Å². The Labute approximate surface area is 116 Å². The third-order valence-electron chi connectivity index (χ3n) is 4.04. The molecule has 1 aliphatic carbocycles. The largest absolute Gasteiger partial charge is 0.495 e. The topological polar surface area (TPSA) is 35.2 Å². The van der Waals surface area contributed by atoms with E-state index in [4.69, 9.17) is 10.5 Å². The monoisotopic (exact) mass is 315 g/mol. The Kier molecular flexibility index (Phi) is 4.28. The number of rotatable bonds is 3. The van der Waals surface area contributed by atoms with Crippen LogP contribution in [0.25, 0.3) is 0 Å². The van der Waals surface area contributed by atoms with Crippen LogP contribution in [-0.2, 0) is 5.41 Å². The van der Waals surface area contributed by atoms with Crippen molar-refractivity contribution < 1.29 is 9.13 Å². The van der Waals surface area contributed by atoms with Crippen molar-refractivity contribution in [1.82, 2.24) is 0 Å². The minimum atomic E-state index is -0.221. The number of hydrogen-bond acceptors (Lipinski definition) is 2. The van der Waals surface area contributed by atoms with Gasteiger partial charge in [-0.2, -0.15) is 0 Å². The molecule has 0 saturated heterocycles. The lowest BCUT2D eigenvalue weighted by Gasteiger charge is -2.37. The van der Waals surface area contributed by atoms with Crippen molar-refractivity contribution in [3.05, 3.63) is 28.0 Å². The lowest BCUT2D eigenvalue weighted by atomic mass is 9.69. The summed E-state index contributed by atoms with van der Waals surface area (Å²) in [6.45, 7) is 0.503. The molecule has 4 heteroatoms. The second-order valence-electron chi connectivity index (χ2n) is 4.99. The highest BCUT2D eigenvalue weighted by atomic mass is 79.9. The van der Waals surface area contributed by atoms with Gasteiger partial charge in [0.25, 0.3) is 0 Å². The summed E-state index contributed by atoms with van der Waals surface area (Å²) in [5.41, 5.74) is 6.48. The van der Waals surface area contributed by atoms with E-state index in [9.17, 15) is 4.39 Å². The number of benzene rings is 1. The van der Waals surface area contributed by atoms with E-state index in [1.165, 1.54) is 6.42 Å². The first kappa shape index (κ1) is 13.8. The van der Waals surface area contributed by atoms with Crippen LogP contribution < -0.4 is 10.5 Å². The smallest absolute Gasteiger partial charge is 0.144 e. The summed E-state index contributed by atoms with van der Waals surface area (Å²) in [6, 6.07) is 3.64. The van der Waals surface area contributed by atoms with E-state index in [0.29, 0.717) is 16.8 Å². The fourth-order valence-corrected chi connectivity index (χ4v) is 3.42. The van der Waals surface area contributed by atoms with E-state index in [-0.39, 0.29) is 11.2 Å². The molecule has 0 aromatic heterocycles. The van der Waals surface area contributed by atoms with Gasteiger partial charge in [0.05, 0.1) is 11.6 Å². The maximum atomic E-state index is 14.5. The molecule has 0 amide bonds. The molecular formula is C14H19BrFNO. The molecule has 1 saturated carbocycles. The second-order valence-corrected chi connectivity index (χ2v) is 5.78. The van der Waals surface area contributed by atoms with Crippen LogP contribution in [-0.4, -0.2) is 13.7 Å². The Morgan fingerprint density at radius 2 is 2.00 bits per heavy atom. The van der Waals surface area contributed by atoms with Gasteiger partial charge >= 0.3 is 0 Å². The van der Waals surface area contributed by atoms with Crippen molar-refractivity contribution in [3.8, 4) is 5.75 Å². The van der Waals surface area contributed by atoms with Crippen LogP contribution in [0.15, 0.2) is 16.6 Å². The van der Waals surface area contributed by atoms with Gasteiger partial charge in [0, 0.05) is 12.0 Å².